The van der Waals surface area contributed by atoms with Gasteiger partial charge in [0.1, 0.15) is 12.1 Å². The molecule has 0 radical (unpaired) electrons. The maximum atomic E-state index is 4.50. The van der Waals surface area contributed by atoms with Crippen LogP contribution in [0.1, 0.15) is 50.5 Å². The van der Waals surface area contributed by atoms with Crippen molar-refractivity contribution in [1.82, 2.24) is 9.97 Å². The highest BCUT2D eigenvalue weighted by Gasteiger charge is 2.17. The van der Waals surface area contributed by atoms with E-state index in [1.807, 2.05) is 0 Å². The van der Waals surface area contributed by atoms with Gasteiger partial charge in [-0.05, 0) is 56.3 Å². The molecule has 1 aromatic heterocycles. The maximum Gasteiger partial charge on any atom is 0.137 e. The molecule has 128 valence electrons. The zero-order valence-electron chi connectivity index (χ0n) is 14.5. The van der Waals surface area contributed by atoms with E-state index in [0.717, 1.165) is 22.6 Å². The highest BCUT2D eigenvalue weighted by Crippen LogP contribution is 2.31. The zero-order chi connectivity index (χ0) is 16.8. The molecule has 1 aromatic carbocycles. The third-order valence-corrected chi connectivity index (χ3v) is 4.79. The average Bonchev–Trinajstić information content (AvgIpc) is 3.47. The molecule has 3 N–H and O–H groups in total. The van der Waals surface area contributed by atoms with Crippen molar-refractivity contribution in [2.24, 2.45) is 11.7 Å². The van der Waals surface area contributed by atoms with E-state index >= 15 is 0 Å². The van der Waals surface area contributed by atoms with Gasteiger partial charge in [0.05, 0.1) is 5.52 Å². The molecular weight excluding hydrogens is 296 g/mol. The van der Waals surface area contributed by atoms with Crippen LogP contribution < -0.4 is 11.1 Å². The number of rotatable bonds is 4. The molecule has 4 heteroatoms. The third kappa shape index (κ3) is 4.32. The van der Waals surface area contributed by atoms with Crippen LogP contribution in [0.25, 0.3) is 17.0 Å². The van der Waals surface area contributed by atoms with Gasteiger partial charge in [-0.3, -0.25) is 0 Å². The fraction of sp³-hybridized carbons (Fsp3) is 0.500. The topological polar surface area (TPSA) is 63.8 Å². The first-order valence-corrected chi connectivity index (χ1v) is 9.16. The lowest BCUT2D eigenvalue weighted by Crippen LogP contribution is -2.23. The summed E-state index contributed by atoms with van der Waals surface area (Å²) in [5.41, 5.74) is 6.78. The molecule has 0 aliphatic heterocycles. The molecule has 2 aliphatic carbocycles. The Balaban J connectivity index is 0.000000815. The van der Waals surface area contributed by atoms with Crippen LogP contribution in [0.5, 0.6) is 0 Å². The minimum Gasteiger partial charge on any atom is -0.367 e. The van der Waals surface area contributed by atoms with Crippen molar-refractivity contribution < 1.29 is 0 Å². The van der Waals surface area contributed by atoms with Gasteiger partial charge in [-0.2, -0.15) is 0 Å². The fourth-order valence-corrected chi connectivity index (χ4v) is 3.27. The van der Waals surface area contributed by atoms with E-state index in [0.29, 0.717) is 6.04 Å². The normalized spacial score (nSPS) is 18.4. The third-order valence-electron chi connectivity index (χ3n) is 4.79. The molecule has 1 heterocycles. The van der Waals surface area contributed by atoms with Gasteiger partial charge in [-0.25, -0.2) is 9.97 Å². The Bertz CT molecular complexity index is 685. The number of allylic oxidation sites excluding steroid dienone is 1. The summed E-state index contributed by atoms with van der Waals surface area (Å²) in [7, 11) is 1.50. The lowest BCUT2D eigenvalue weighted by molar-refractivity contribution is 0.462. The molecule has 2 aliphatic rings. The average molecular weight is 324 g/mol. The van der Waals surface area contributed by atoms with Crippen LogP contribution in [-0.4, -0.2) is 23.1 Å². The summed E-state index contributed by atoms with van der Waals surface area (Å²) in [6, 6.07) is 7.05. The Labute approximate surface area is 144 Å². The van der Waals surface area contributed by atoms with E-state index in [9.17, 15) is 0 Å². The van der Waals surface area contributed by atoms with Gasteiger partial charge in [0, 0.05) is 11.4 Å². The molecule has 2 fully saturated rings. The molecule has 0 atom stereocenters. The van der Waals surface area contributed by atoms with Crippen molar-refractivity contribution in [3.8, 4) is 0 Å². The summed E-state index contributed by atoms with van der Waals surface area (Å²) in [5.74, 6) is 1.81. The van der Waals surface area contributed by atoms with Crippen LogP contribution in [-0.2, 0) is 0 Å². The highest BCUT2D eigenvalue weighted by atomic mass is 15.0. The molecule has 0 bridgehead atoms. The minimum absolute atomic E-state index is 0.567. The predicted molar refractivity (Wildman–Crippen MR) is 102 cm³/mol. The number of benzene rings is 1. The Morgan fingerprint density at radius 1 is 1.04 bits per heavy atom. The maximum absolute atomic E-state index is 4.50. The van der Waals surface area contributed by atoms with E-state index in [1.54, 1.807) is 6.33 Å². The smallest absolute Gasteiger partial charge is 0.137 e. The second-order valence-corrected chi connectivity index (χ2v) is 6.67. The lowest BCUT2D eigenvalue weighted by Gasteiger charge is -2.23. The molecule has 0 spiro atoms. The highest BCUT2D eigenvalue weighted by molar-refractivity contribution is 5.90. The van der Waals surface area contributed by atoms with Crippen molar-refractivity contribution >= 4 is 22.8 Å². The number of fused-ring (bicyclic) bond motifs is 1. The number of aromatic nitrogens is 2. The van der Waals surface area contributed by atoms with E-state index in [4.69, 9.17) is 0 Å². The lowest BCUT2D eigenvalue weighted by atomic mass is 9.95. The molecule has 0 amide bonds. The first-order valence-electron chi connectivity index (χ1n) is 9.16. The summed E-state index contributed by atoms with van der Waals surface area (Å²) in [6.45, 7) is 0. The Morgan fingerprint density at radius 2 is 1.83 bits per heavy atom. The summed E-state index contributed by atoms with van der Waals surface area (Å²) in [4.78, 5) is 8.91. The predicted octanol–water partition coefficient (Wildman–Crippen LogP) is 4.37. The summed E-state index contributed by atoms with van der Waals surface area (Å²) >= 11 is 0. The SMILES string of the molecule is C(=C\C1CC1)/c1ccc2ncnc(NC3CCCCC3)c2c1.CN. The summed E-state index contributed by atoms with van der Waals surface area (Å²) in [5, 5.41) is 4.80. The summed E-state index contributed by atoms with van der Waals surface area (Å²) in [6.07, 6.45) is 15.5. The van der Waals surface area contributed by atoms with Gasteiger partial charge in [0.15, 0.2) is 0 Å². The van der Waals surface area contributed by atoms with Crippen LogP contribution in [0.3, 0.4) is 0 Å². The fourth-order valence-electron chi connectivity index (χ4n) is 3.27. The monoisotopic (exact) mass is 324 g/mol. The second kappa shape index (κ2) is 8.25. The number of nitrogens with zero attached hydrogens (tertiary/aromatic N) is 2. The molecule has 24 heavy (non-hydrogen) atoms. The second-order valence-electron chi connectivity index (χ2n) is 6.67. The van der Waals surface area contributed by atoms with Gasteiger partial charge in [-0.1, -0.05) is 37.5 Å². The number of anilines is 1. The van der Waals surface area contributed by atoms with Crippen molar-refractivity contribution in [1.29, 1.82) is 0 Å². The van der Waals surface area contributed by atoms with Crippen molar-refractivity contribution in [2.45, 2.75) is 51.0 Å². The minimum atomic E-state index is 0.567. The van der Waals surface area contributed by atoms with Gasteiger partial charge < -0.3 is 11.1 Å². The van der Waals surface area contributed by atoms with Crippen LogP contribution in [0.15, 0.2) is 30.6 Å². The van der Waals surface area contributed by atoms with E-state index < -0.39 is 0 Å². The van der Waals surface area contributed by atoms with E-state index in [2.05, 4.69) is 51.4 Å². The molecule has 4 nitrogen and oxygen atoms in total. The first kappa shape index (κ1) is 16.9. The van der Waals surface area contributed by atoms with E-state index in [1.165, 1.54) is 57.6 Å². The van der Waals surface area contributed by atoms with Crippen molar-refractivity contribution in [3.05, 3.63) is 36.2 Å². The van der Waals surface area contributed by atoms with Gasteiger partial charge >= 0.3 is 0 Å². The van der Waals surface area contributed by atoms with Gasteiger partial charge in [0.25, 0.3) is 0 Å². The summed E-state index contributed by atoms with van der Waals surface area (Å²) < 4.78 is 0. The Kier molecular flexibility index (Phi) is 5.81. The van der Waals surface area contributed by atoms with Crippen LogP contribution in [0.4, 0.5) is 5.82 Å². The number of nitrogens with two attached hydrogens (primary N) is 1. The number of hydrogen-bond acceptors (Lipinski definition) is 4. The van der Waals surface area contributed by atoms with Gasteiger partial charge in [-0.15, -0.1) is 0 Å². The Morgan fingerprint density at radius 3 is 2.58 bits per heavy atom. The number of hydrogen-bond donors (Lipinski definition) is 2. The van der Waals surface area contributed by atoms with Crippen molar-refractivity contribution in [3.63, 3.8) is 0 Å². The van der Waals surface area contributed by atoms with Crippen LogP contribution in [0, 0.1) is 5.92 Å². The molecule has 4 rings (SSSR count). The van der Waals surface area contributed by atoms with Gasteiger partial charge in [0.2, 0.25) is 0 Å². The molecular formula is C20H28N4. The quantitative estimate of drug-likeness (QED) is 0.876. The van der Waals surface area contributed by atoms with Crippen LogP contribution in [0.2, 0.25) is 0 Å². The molecule has 2 aromatic rings. The molecule has 2 saturated carbocycles. The number of nitrogens with one attached hydrogen (secondary N) is 1. The van der Waals surface area contributed by atoms with E-state index in [-0.39, 0.29) is 0 Å². The Hall–Kier alpha value is -1.94. The molecule has 0 unspecified atom stereocenters. The first-order chi connectivity index (χ1) is 11.9. The largest absolute Gasteiger partial charge is 0.367 e. The standard InChI is InChI=1S/C19H23N3.CH5N/c1-2-4-16(5-3-1)22-19-17-12-15(9-8-14-6-7-14)10-11-18(17)20-13-21-19;1-2/h8-14,16H,1-7H2,(H,20,21,22);2H2,1H3/b9-8+;. The van der Waals surface area contributed by atoms with Crippen molar-refractivity contribution in [2.75, 3.05) is 12.4 Å². The molecule has 0 saturated heterocycles. The zero-order valence-corrected chi connectivity index (χ0v) is 14.5. The van der Waals surface area contributed by atoms with Crippen LogP contribution >= 0.6 is 0 Å².